The van der Waals surface area contributed by atoms with Gasteiger partial charge in [0.2, 0.25) is 0 Å². The van der Waals surface area contributed by atoms with Crippen LogP contribution in [0.4, 0.5) is 5.69 Å². The van der Waals surface area contributed by atoms with Crippen molar-refractivity contribution in [2.45, 2.75) is 45.2 Å². The van der Waals surface area contributed by atoms with Gasteiger partial charge in [-0.05, 0) is 31.5 Å². The lowest BCUT2D eigenvalue weighted by Crippen LogP contribution is -2.40. The summed E-state index contributed by atoms with van der Waals surface area (Å²) in [7, 11) is -3.46. The van der Waals surface area contributed by atoms with Gasteiger partial charge in [-0.3, -0.25) is 4.57 Å². The lowest BCUT2D eigenvalue weighted by molar-refractivity contribution is -0.0639. The molecule has 1 aromatic carbocycles. The van der Waals surface area contributed by atoms with Gasteiger partial charge in [-0.25, -0.2) is 15.1 Å². The molecule has 10 nitrogen and oxygen atoms in total. The van der Waals surface area contributed by atoms with E-state index in [-0.39, 0.29) is 18.5 Å². The van der Waals surface area contributed by atoms with Crippen molar-refractivity contribution in [3.05, 3.63) is 48.9 Å². The molecule has 0 aliphatic carbocycles. The highest BCUT2D eigenvalue weighted by Gasteiger charge is 2.35. The summed E-state index contributed by atoms with van der Waals surface area (Å²) >= 11 is 0. The number of rotatable bonds is 11. The summed E-state index contributed by atoms with van der Waals surface area (Å²) in [4.78, 5) is 8.69. The highest BCUT2D eigenvalue weighted by atomic mass is 31.2. The van der Waals surface area contributed by atoms with E-state index in [2.05, 4.69) is 15.1 Å². The zero-order chi connectivity index (χ0) is 23.3. The van der Waals surface area contributed by atoms with Crippen LogP contribution in [-0.2, 0) is 25.3 Å². The molecular formula is C22H30N5O5P. The second-order valence-corrected chi connectivity index (χ2v) is 9.95. The first-order chi connectivity index (χ1) is 16.0. The lowest BCUT2D eigenvalue weighted by atomic mass is 10.2. The first kappa shape index (κ1) is 23.7. The molecule has 1 aliphatic rings. The van der Waals surface area contributed by atoms with Crippen LogP contribution in [0.2, 0.25) is 0 Å². The van der Waals surface area contributed by atoms with Gasteiger partial charge in [0.1, 0.15) is 17.6 Å². The van der Waals surface area contributed by atoms with Crippen LogP contribution in [0.1, 0.15) is 20.3 Å². The molecule has 11 heteroatoms. The number of imidazole rings is 1. The summed E-state index contributed by atoms with van der Waals surface area (Å²) in [5, 5.41) is 3.13. The van der Waals surface area contributed by atoms with Crippen molar-refractivity contribution in [2.24, 2.45) is 0 Å². The standard InChI is InChI=1S/C22H30N5O5P/c1-3-19(22-29-11-12-30-22)26-33(28,32-17-7-5-4-6-8-17)15-31-16(2)13-27-14-25-20-18(23)9-10-24-21(20)27/h4-10,14,16,19,22H,3,11-13,15H2,1-2H3,(H2,23,24)(H,26,28)/t16-,19+,33?/m1/s1. The van der Waals surface area contributed by atoms with E-state index in [0.29, 0.717) is 48.8 Å². The largest absolute Gasteiger partial charge is 0.431 e. The Hall–Kier alpha value is -2.49. The van der Waals surface area contributed by atoms with E-state index in [0.717, 1.165) is 0 Å². The molecule has 3 N–H and O–H groups in total. The van der Waals surface area contributed by atoms with Crippen molar-refractivity contribution in [3.8, 4) is 5.75 Å². The van der Waals surface area contributed by atoms with Crippen molar-refractivity contribution in [3.63, 3.8) is 0 Å². The molecule has 0 radical (unpaired) electrons. The lowest BCUT2D eigenvalue weighted by Gasteiger charge is -2.29. The topological polar surface area (TPSA) is 123 Å². The summed E-state index contributed by atoms with van der Waals surface area (Å²) in [6, 6.07) is 10.5. The maximum atomic E-state index is 13.9. The number of nitrogens with one attached hydrogen (secondary N) is 1. The predicted octanol–water partition coefficient (Wildman–Crippen LogP) is 3.39. The predicted molar refractivity (Wildman–Crippen MR) is 125 cm³/mol. The van der Waals surface area contributed by atoms with Crippen molar-refractivity contribution in [1.82, 2.24) is 19.6 Å². The molecule has 3 atom stereocenters. The van der Waals surface area contributed by atoms with Gasteiger partial charge in [-0.2, -0.15) is 0 Å². The Morgan fingerprint density at radius 3 is 2.73 bits per heavy atom. The monoisotopic (exact) mass is 475 g/mol. The fourth-order valence-electron chi connectivity index (χ4n) is 3.62. The number of nitrogen functional groups attached to an aromatic ring is 1. The average molecular weight is 475 g/mol. The third-order valence-electron chi connectivity index (χ3n) is 5.29. The van der Waals surface area contributed by atoms with Crippen LogP contribution in [0.5, 0.6) is 5.75 Å². The Balaban J connectivity index is 1.45. The van der Waals surface area contributed by atoms with E-state index < -0.39 is 13.8 Å². The number of hydrogen-bond acceptors (Lipinski definition) is 8. The minimum Gasteiger partial charge on any atom is -0.431 e. The maximum absolute atomic E-state index is 13.9. The Kier molecular flexibility index (Phi) is 7.62. The van der Waals surface area contributed by atoms with E-state index in [1.54, 1.807) is 30.7 Å². The molecule has 178 valence electrons. The highest BCUT2D eigenvalue weighted by molar-refractivity contribution is 7.57. The van der Waals surface area contributed by atoms with Gasteiger partial charge in [0.15, 0.2) is 11.9 Å². The molecule has 0 amide bonds. The smallest absolute Gasteiger partial charge is 0.342 e. The third kappa shape index (κ3) is 5.90. The van der Waals surface area contributed by atoms with Gasteiger partial charge < -0.3 is 29.0 Å². The molecule has 0 bridgehead atoms. The molecule has 4 rings (SSSR count). The van der Waals surface area contributed by atoms with Crippen LogP contribution in [0.3, 0.4) is 0 Å². The number of nitrogens with two attached hydrogens (primary N) is 1. The van der Waals surface area contributed by atoms with E-state index in [1.165, 1.54) is 0 Å². The molecule has 1 aliphatic heterocycles. The fourth-order valence-corrected chi connectivity index (χ4v) is 5.52. The number of hydrogen-bond donors (Lipinski definition) is 2. The summed E-state index contributed by atoms with van der Waals surface area (Å²) in [6.07, 6.45) is 3.07. The number of para-hydroxylation sites is 1. The normalized spacial score (nSPS) is 18.2. The van der Waals surface area contributed by atoms with E-state index in [1.807, 2.05) is 36.6 Å². The van der Waals surface area contributed by atoms with Gasteiger partial charge in [0.25, 0.3) is 0 Å². The summed E-state index contributed by atoms with van der Waals surface area (Å²) in [5.74, 6) is 0.493. The van der Waals surface area contributed by atoms with Crippen molar-refractivity contribution >= 4 is 24.4 Å². The van der Waals surface area contributed by atoms with Crippen molar-refractivity contribution < 1.29 is 23.3 Å². The van der Waals surface area contributed by atoms with E-state index in [9.17, 15) is 4.57 Å². The molecule has 2 aromatic heterocycles. The molecule has 1 saturated heterocycles. The summed E-state index contributed by atoms with van der Waals surface area (Å²) in [5.41, 5.74) is 7.86. The minimum absolute atomic E-state index is 0.130. The first-order valence-electron chi connectivity index (χ1n) is 11.0. The van der Waals surface area contributed by atoms with Gasteiger partial charge in [0.05, 0.1) is 43.9 Å². The number of ether oxygens (including phenoxy) is 3. The van der Waals surface area contributed by atoms with Gasteiger partial charge in [-0.15, -0.1) is 0 Å². The number of benzene rings is 1. The number of aromatic nitrogens is 3. The zero-order valence-electron chi connectivity index (χ0n) is 18.8. The number of pyridine rings is 1. The van der Waals surface area contributed by atoms with Gasteiger partial charge >= 0.3 is 7.52 Å². The quantitative estimate of drug-likeness (QED) is 0.402. The van der Waals surface area contributed by atoms with Crippen LogP contribution >= 0.6 is 7.52 Å². The molecule has 0 saturated carbocycles. The molecule has 3 heterocycles. The SMILES string of the molecule is CC[C@H](NP(=O)(CO[C@H](C)Cn1cnc2c(N)ccnc21)Oc1ccccc1)C1OCCO1. The highest BCUT2D eigenvalue weighted by Crippen LogP contribution is 2.44. The Morgan fingerprint density at radius 1 is 1.24 bits per heavy atom. The maximum Gasteiger partial charge on any atom is 0.342 e. The van der Waals surface area contributed by atoms with Crippen LogP contribution in [0.25, 0.3) is 11.2 Å². The Labute approximate surface area is 192 Å². The Morgan fingerprint density at radius 2 is 2.00 bits per heavy atom. The number of nitrogens with zero attached hydrogens (tertiary/aromatic N) is 3. The molecular weight excluding hydrogens is 445 g/mol. The van der Waals surface area contributed by atoms with Gasteiger partial charge in [0, 0.05) is 6.20 Å². The molecule has 3 aromatic rings. The molecule has 1 fully saturated rings. The number of fused-ring (bicyclic) bond motifs is 1. The zero-order valence-corrected chi connectivity index (χ0v) is 19.7. The minimum atomic E-state index is -3.46. The van der Waals surface area contributed by atoms with Gasteiger partial charge in [-0.1, -0.05) is 25.1 Å². The van der Waals surface area contributed by atoms with Crippen LogP contribution in [0, 0.1) is 0 Å². The Bertz CT molecular complexity index is 1090. The second kappa shape index (κ2) is 10.6. The van der Waals surface area contributed by atoms with Crippen molar-refractivity contribution in [1.29, 1.82) is 0 Å². The second-order valence-electron chi connectivity index (χ2n) is 7.91. The summed E-state index contributed by atoms with van der Waals surface area (Å²) in [6.45, 7) is 5.35. The number of anilines is 1. The van der Waals surface area contributed by atoms with E-state index in [4.69, 9.17) is 24.5 Å². The van der Waals surface area contributed by atoms with E-state index >= 15 is 0 Å². The average Bonchev–Trinajstić information content (AvgIpc) is 3.49. The first-order valence-corrected chi connectivity index (χ1v) is 12.8. The van der Waals surface area contributed by atoms with Crippen LogP contribution in [0.15, 0.2) is 48.9 Å². The van der Waals surface area contributed by atoms with Crippen LogP contribution < -0.4 is 15.3 Å². The molecule has 0 spiro atoms. The molecule has 1 unspecified atom stereocenters. The van der Waals surface area contributed by atoms with Crippen LogP contribution in [-0.4, -0.2) is 52.5 Å². The fraction of sp³-hybridized carbons (Fsp3) is 0.455. The van der Waals surface area contributed by atoms with Crippen molar-refractivity contribution in [2.75, 3.05) is 25.3 Å². The summed E-state index contributed by atoms with van der Waals surface area (Å²) < 4.78 is 38.9. The third-order valence-corrected chi connectivity index (χ3v) is 7.01. The molecule has 33 heavy (non-hydrogen) atoms.